The average Bonchev–Trinajstić information content (AvgIpc) is 3.35. The first-order valence-corrected chi connectivity index (χ1v) is 12.2. The molecule has 3 aromatic rings. The topological polar surface area (TPSA) is 42.8 Å². The summed E-state index contributed by atoms with van der Waals surface area (Å²) in [5.74, 6) is 2.55. The van der Waals surface area contributed by atoms with E-state index in [4.69, 9.17) is 14.5 Å². The molecule has 1 aliphatic carbocycles. The maximum Gasteiger partial charge on any atom is 0.161 e. The zero-order valence-electron chi connectivity index (χ0n) is 20.1. The molecule has 0 bridgehead atoms. The zero-order chi connectivity index (χ0) is 23.5. The molecule has 4 heteroatoms. The normalized spacial score (nSPS) is 20.6. The first-order valence-electron chi connectivity index (χ1n) is 12.2. The largest absolute Gasteiger partial charge is 0.490 e. The third-order valence-corrected chi connectivity index (χ3v) is 6.70. The number of aliphatic imine (C=N–C) groups is 1. The highest BCUT2D eigenvalue weighted by atomic mass is 16.5. The fraction of sp³-hybridized carbons (Fsp3) is 0.300. The Bertz CT molecular complexity index is 1210. The summed E-state index contributed by atoms with van der Waals surface area (Å²) in [4.78, 5) is 4.70. The van der Waals surface area contributed by atoms with E-state index >= 15 is 0 Å². The summed E-state index contributed by atoms with van der Waals surface area (Å²) in [5, 5.41) is 3.82. The van der Waals surface area contributed by atoms with Crippen molar-refractivity contribution in [2.24, 2.45) is 10.9 Å². The molecule has 0 saturated carbocycles. The lowest BCUT2D eigenvalue weighted by Crippen LogP contribution is -2.29. The van der Waals surface area contributed by atoms with Crippen molar-refractivity contribution in [1.82, 2.24) is 0 Å². The van der Waals surface area contributed by atoms with Crippen molar-refractivity contribution < 1.29 is 9.47 Å². The molecule has 0 fully saturated rings. The van der Waals surface area contributed by atoms with Gasteiger partial charge in [0, 0.05) is 17.8 Å². The van der Waals surface area contributed by atoms with Gasteiger partial charge >= 0.3 is 0 Å². The van der Waals surface area contributed by atoms with Gasteiger partial charge in [0.25, 0.3) is 0 Å². The third-order valence-electron chi connectivity index (χ3n) is 6.70. The molecule has 0 amide bonds. The molecular formula is C30H32N2O2. The van der Waals surface area contributed by atoms with Gasteiger partial charge in [-0.1, -0.05) is 42.0 Å². The van der Waals surface area contributed by atoms with Gasteiger partial charge in [-0.25, -0.2) is 0 Å². The van der Waals surface area contributed by atoms with Crippen LogP contribution in [0.3, 0.4) is 0 Å². The Balaban J connectivity index is 1.34. The Hall–Kier alpha value is -3.53. The molecule has 34 heavy (non-hydrogen) atoms. The maximum absolute atomic E-state index is 5.73. The lowest BCUT2D eigenvalue weighted by molar-refractivity contribution is 0.288. The van der Waals surface area contributed by atoms with Crippen molar-refractivity contribution in [2.45, 2.75) is 39.2 Å². The van der Waals surface area contributed by atoms with E-state index in [9.17, 15) is 0 Å². The number of hydrogen-bond donors (Lipinski definition) is 1. The fourth-order valence-corrected chi connectivity index (χ4v) is 5.11. The highest BCUT2D eigenvalue weighted by Gasteiger charge is 2.37. The summed E-state index contributed by atoms with van der Waals surface area (Å²) in [5.41, 5.74) is 7.23. The molecule has 1 N–H and O–H groups in total. The van der Waals surface area contributed by atoms with Crippen molar-refractivity contribution in [1.29, 1.82) is 0 Å². The number of nitrogens with zero attached hydrogens (tertiary/aromatic N) is 1. The van der Waals surface area contributed by atoms with Gasteiger partial charge in [-0.3, -0.25) is 4.99 Å². The molecule has 3 aromatic carbocycles. The van der Waals surface area contributed by atoms with Gasteiger partial charge in [0.2, 0.25) is 0 Å². The van der Waals surface area contributed by atoms with Crippen molar-refractivity contribution in [2.75, 3.05) is 18.5 Å². The summed E-state index contributed by atoms with van der Waals surface area (Å²) in [6.45, 7) is 7.32. The Morgan fingerprint density at radius 2 is 1.74 bits per heavy atom. The molecule has 5 rings (SSSR count). The predicted octanol–water partition coefficient (Wildman–Crippen LogP) is 7.37. The molecule has 2 aliphatic rings. The van der Waals surface area contributed by atoms with E-state index in [-0.39, 0.29) is 0 Å². The fourth-order valence-electron chi connectivity index (χ4n) is 5.11. The van der Waals surface area contributed by atoms with Crippen LogP contribution in [0.4, 0.5) is 11.4 Å². The van der Waals surface area contributed by atoms with E-state index < -0.39 is 0 Å². The molecule has 0 radical (unpaired) electrons. The summed E-state index contributed by atoms with van der Waals surface area (Å²) in [7, 11) is 0. The van der Waals surface area contributed by atoms with Crippen LogP contribution in [-0.4, -0.2) is 19.4 Å². The molecule has 0 unspecified atom stereocenters. The van der Waals surface area contributed by atoms with Gasteiger partial charge in [0.15, 0.2) is 11.5 Å². The molecular weight excluding hydrogens is 420 g/mol. The summed E-state index contributed by atoms with van der Waals surface area (Å²) < 4.78 is 11.4. The molecule has 0 aromatic heterocycles. The molecule has 1 aliphatic heterocycles. The van der Waals surface area contributed by atoms with Crippen LogP contribution in [0.25, 0.3) is 0 Å². The number of fused-ring (bicyclic) bond motifs is 3. The van der Waals surface area contributed by atoms with Crippen LogP contribution in [0, 0.1) is 12.8 Å². The lowest BCUT2D eigenvalue weighted by Gasteiger charge is -2.37. The van der Waals surface area contributed by atoms with Crippen LogP contribution in [0.2, 0.25) is 0 Å². The summed E-state index contributed by atoms with van der Waals surface area (Å²) >= 11 is 0. The highest BCUT2D eigenvalue weighted by molar-refractivity contribution is 5.83. The number of aryl methyl sites for hydroxylation is 1. The Morgan fingerprint density at radius 1 is 0.941 bits per heavy atom. The smallest absolute Gasteiger partial charge is 0.161 e. The zero-order valence-corrected chi connectivity index (χ0v) is 20.1. The van der Waals surface area contributed by atoms with Crippen LogP contribution in [0.5, 0.6) is 11.5 Å². The first-order chi connectivity index (χ1) is 16.7. The maximum atomic E-state index is 5.73. The monoisotopic (exact) mass is 452 g/mol. The van der Waals surface area contributed by atoms with Crippen molar-refractivity contribution >= 4 is 17.6 Å². The minimum absolute atomic E-state index is 0.299. The van der Waals surface area contributed by atoms with Crippen molar-refractivity contribution in [3.05, 3.63) is 95.1 Å². The highest BCUT2D eigenvalue weighted by Crippen LogP contribution is 2.50. The minimum Gasteiger partial charge on any atom is -0.490 e. The van der Waals surface area contributed by atoms with E-state index in [2.05, 4.69) is 66.9 Å². The van der Waals surface area contributed by atoms with Crippen LogP contribution in [0.1, 0.15) is 54.5 Å². The van der Waals surface area contributed by atoms with E-state index in [1.54, 1.807) is 0 Å². The molecule has 3 atom stereocenters. The number of hydrogen-bond acceptors (Lipinski definition) is 4. The Morgan fingerprint density at radius 3 is 2.53 bits per heavy atom. The number of rotatable bonds is 7. The molecule has 0 spiro atoms. The predicted molar refractivity (Wildman–Crippen MR) is 140 cm³/mol. The van der Waals surface area contributed by atoms with Gasteiger partial charge in [0.1, 0.15) is 0 Å². The number of ether oxygens (including phenoxy) is 2. The second-order valence-electron chi connectivity index (χ2n) is 8.99. The van der Waals surface area contributed by atoms with E-state index in [0.29, 0.717) is 31.1 Å². The molecule has 0 saturated heterocycles. The van der Waals surface area contributed by atoms with Gasteiger partial charge in [-0.15, -0.1) is 0 Å². The lowest BCUT2D eigenvalue weighted by atomic mass is 9.76. The Kier molecular flexibility index (Phi) is 6.39. The van der Waals surface area contributed by atoms with Crippen molar-refractivity contribution in [3.63, 3.8) is 0 Å². The molecule has 174 valence electrons. The van der Waals surface area contributed by atoms with Crippen LogP contribution in [-0.2, 0) is 0 Å². The van der Waals surface area contributed by atoms with E-state index in [1.807, 2.05) is 38.3 Å². The van der Waals surface area contributed by atoms with Crippen molar-refractivity contribution in [3.8, 4) is 11.5 Å². The standard InChI is InChI=1S/C30H32N2O2/c1-4-33-28-16-10-21(18-29(28)34-5-2)19-31-23-13-11-22(12-14-23)30-25-8-6-7-24(25)26-17-20(3)9-15-27(26)32-30/h6-7,9-19,24-25,30,32H,4-5,8H2,1-3H3/t24-,25-,30+/m1/s1. The van der Waals surface area contributed by atoms with Gasteiger partial charge in [-0.2, -0.15) is 0 Å². The number of nitrogens with one attached hydrogen (secondary N) is 1. The quantitative estimate of drug-likeness (QED) is 0.301. The summed E-state index contributed by atoms with van der Waals surface area (Å²) in [6.07, 6.45) is 7.72. The first kappa shape index (κ1) is 22.3. The molecule has 4 nitrogen and oxygen atoms in total. The second kappa shape index (κ2) is 9.76. The summed E-state index contributed by atoms with van der Waals surface area (Å²) in [6, 6.07) is 21.6. The average molecular weight is 453 g/mol. The number of anilines is 1. The van der Waals surface area contributed by atoms with E-state index in [0.717, 1.165) is 29.2 Å². The third kappa shape index (κ3) is 4.45. The number of benzene rings is 3. The number of allylic oxidation sites excluding steroid dienone is 2. The van der Waals surface area contributed by atoms with Gasteiger partial charge < -0.3 is 14.8 Å². The van der Waals surface area contributed by atoms with Gasteiger partial charge in [0.05, 0.1) is 24.9 Å². The molecule has 1 heterocycles. The van der Waals surface area contributed by atoms with Crippen LogP contribution >= 0.6 is 0 Å². The Labute approximate surface area is 202 Å². The van der Waals surface area contributed by atoms with Gasteiger partial charge in [-0.05, 0) is 86.2 Å². The van der Waals surface area contributed by atoms with Crippen LogP contribution < -0.4 is 14.8 Å². The second-order valence-corrected chi connectivity index (χ2v) is 8.99. The van der Waals surface area contributed by atoms with Crippen LogP contribution in [0.15, 0.2) is 77.8 Å². The SMILES string of the molecule is CCOc1ccc(C=Nc2ccc([C@@H]3Nc4ccc(C)cc4[C@@H]4C=CC[C@H]43)cc2)cc1OCC. The van der Waals surface area contributed by atoms with E-state index in [1.165, 1.54) is 22.4 Å². The minimum atomic E-state index is 0.299.